The van der Waals surface area contributed by atoms with Crippen molar-refractivity contribution in [1.29, 1.82) is 0 Å². The second-order valence-corrected chi connectivity index (χ2v) is 9.57. The molecule has 2 unspecified atom stereocenters. The molecule has 1 aromatic carbocycles. The third kappa shape index (κ3) is 7.53. The number of benzene rings is 1. The Morgan fingerprint density at radius 2 is 1.61 bits per heavy atom. The summed E-state index contributed by atoms with van der Waals surface area (Å²) in [6.45, 7) is 0.516. The molecule has 0 aliphatic heterocycles. The van der Waals surface area contributed by atoms with Crippen molar-refractivity contribution in [2.45, 2.75) is 56.6 Å². The van der Waals surface area contributed by atoms with Gasteiger partial charge in [-0.3, -0.25) is 9.42 Å². The van der Waals surface area contributed by atoms with Crippen LogP contribution in [-0.2, 0) is 9.09 Å². The van der Waals surface area contributed by atoms with Crippen LogP contribution in [0.2, 0.25) is 0 Å². The lowest BCUT2D eigenvalue weighted by atomic mass is 10.0. The normalized spacial score (nSPS) is 19.6. The molecule has 160 valence electrons. The second-order valence-electron chi connectivity index (χ2n) is 7.09. The molecule has 9 heteroatoms. The summed E-state index contributed by atoms with van der Waals surface area (Å²) >= 11 is 0. The second kappa shape index (κ2) is 11.4. The SMILES string of the molecule is COc1cccc(OC)c1OP(=O)(O)OCCNC1(P)CCCCCCCC1. The molecule has 0 heterocycles. The predicted octanol–water partition coefficient (Wildman–Crippen LogP) is 4.50. The van der Waals surface area contributed by atoms with Gasteiger partial charge in [0.05, 0.1) is 20.8 Å². The van der Waals surface area contributed by atoms with E-state index >= 15 is 0 Å². The topological polar surface area (TPSA) is 86.3 Å². The lowest BCUT2D eigenvalue weighted by Crippen LogP contribution is -2.41. The Bertz CT molecular complexity index is 625. The fraction of sp³-hybridized carbons (Fsp3) is 0.684. The molecule has 0 spiro atoms. The maximum absolute atomic E-state index is 12.4. The first-order valence-corrected chi connectivity index (χ1v) is 11.9. The number of para-hydroxylation sites is 1. The van der Waals surface area contributed by atoms with Crippen LogP contribution in [0.25, 0.3) is 0 Å². The maximum atomic E-state index is 12.4. The van der Waals surface area contributed by atoms with E-state index in [0.717, 1.165) is 12.8 Å². The van der Waals surface area contributed by atoms with E-state index in [1.807, 2.05) is 0 Å². The molecular formula is C19H33NO6P2. The Morgan fingerprint density at radius 3 is 2.14 bits per heavy atom. The van der Waals surface area contributed by atoms with Gasteiger partial charge < -0.3 is 19.3 Å². The largest absolute Gasteiger partial charge is 0.527 e. The van der Waals surface area contributed by atoms with E-state index < -0.39 is 7.82 Å². The zero-order valence-corrected chi connectivity index (χ0v) is 18.9. The van der Waals surface area contributed by atoms with Gasteiger partial charge in [-0.2, -0.15) is 0 Å². The van der Waals surface area contributed by atoms with E-state index in [2.05, 4.69) is 14.6 Å². The summed E-state index contributed by atoms with van der Waals surface area (Å²) in [6.07, 6.45) is 9.65. The van der Waals surface area contributed by atoms with Crippen LogP contribution in [0.3, 0.4) is 0 Å². The maximum Gasteiger partial charge on any atom is 0.527 e. The van der Waals surface area contributed by atoms with Gasteiger partial charge in [-0.1, -0.05) is 44.6 Å². The molecule has 0 amide bonds. The molecule has 1 aliphatic rings. The minimum absolute atomic E-state index is 0.0418. The van der Waals surface area contributed by atoms with Crippen molar-refractivity contribution in [3.8, 4) is 17.2 Å². The molecule has 2 N–H and O–H groups in total. The lowest BCUT2D eigenvalue weighted by Gasteiger charge is -2.31. The molecule has 0 aromatic heterocycles. The van der Waals surface area contributed by atoms with Crippen LogP contribution in [-0.4, -0.2) is 37.5 Å². The Kier molecular flexibility index (Phi) is 9.52. The summed E-state index contributed by atoms with van der Waals surface area (Å²) in [6, 6.07) is 4.94. The summed E-state index contributed by atoms with van der Waals surface area (Å²) in [5, 5.41) is 3.43. The van der Waals surface area contributed by atoms with E-state index in [1.165, 1.54) is 52.7 Å². The number of phosphoric ester groups is 1. The van der Waals surface area contributed by atoms with Crippen molar-refractivity contribution in [2.24, 2.45) is 0 Å². The highest BCUT2D eigenvalue weighted by Gasteiger charge is 2.28. The summed E-state index contributed by atoms with van der Waals surface area (Å²) in [5.41, 5.74) is 0. The summed E-state index contributed by atoms with van der Waals surface area (Å²) < 4.78 is 33.1. The van der Waals surface area contributed by atoms with Gasteiger partial charge in [0.15, 0.2) is 11.5 Å². The fourth-order valence-corrected chi connectivity index (χ4v) is 4.74. The Balaban J connectivity index is 1.87. The lowest BCUT2D eigenvalue weighted by molar-refractivity contribution is 0.194. The molecule has 1 aromatic rings. The van der Waals surface area contributed by atoms with E-state index in [9.17, 15) is 9.46 Å². The van der Waals surface area contributed by atoms with Crippen LogP contribution in [0, 0.1) is 0 Å². The van der Waals surface area contributed by atoms with E-state index in [4.69, 9.17) is 18.5 Å². The summed E-state index contributed by atoms with van der Waals surface area (Å²) in [7, 11) is 1.52. The van der Waals surface area contributed by atoms with Gasteiger partial charge in [-0.15, -0.1) is 9.24 Å². The standard InChI is InChI=1S/C19H33NO6P2/c1-23-16-10-9-11-17(24-2)18(16)26-28(21,22)25-15-14-20-19(27)12-7-5-3-4-6-8-13-19/h9-11,20H,3-8,12-15,27H2,1-2H3,(H,21,22). The van der Waals surface area contributed by atoms with Crippen LogP contribution in [0.15, 0.2) is 18.2 Å². The average Bonchev–Trinajstić information content (AvgIpc) is 2.77. The van der Waals surface area contributed by atoms with Crippen molar-refractivity contribution >= 4 is 17.1 Å². The van der Waals surface area contributed by atoms with Crippen LogP contribution in [0.4, 0.5) is 0 Å². The van der Waals surface area contributed by atoms with Gasteiger partial charge in [0.1, 0.15) is 0 Å². The van der Waals surface area contributed by atoms with Crippen molar-refractivity contribution in [2.75, 3.05) is 27.4 Å². The van der Waals surface area contributed by atoms with Crippen molar-refractivity contribution in [3.63, 3.8) is 0 Å². The Morgan fingerprint density at radius 1 is 1.07 bits per heavy atom. The molecule has 1 fully saturated rings. The Hall–Kier alpha value is -0.840. The fourth-order valence-electron chi connectivity index (χ4n) is 3.40. The van der Waals surface area contributed by atoms with Gasteiger partial charge in [-0.05, 0) is 25.0 Å². The van der Waals surface area contributed by atoms with Gasteiger partial charge in [0, 0.05) is 11.8 Å². The first-order chi connectivity index (χ1) is 13.4. The third-order valence-corrected chi connectivity index (χ3v) is 6.62. The number of rotatable bonds is 9. The van der Waals surface area contributed by atoms with Crippen LogP contribution in [0.1, 0.15) is 51.4 Å². The number of hydrogen-bond donors (Lipinski definition) is 2. The molecule has 0 radical (unpaired) electrons. The molecule has 0 saturated heterocycles. The first kappa shape index (κ1) is 23.4. The average molecular weight is 433 g/mol. The summed E-state index contributed by atoms with van der Waals surface area (Å²) in [4.78, 5) is 10.1. The molecule has 28 heavy (non-hydrogen) atoms. The predicted molar refractivity (Wildman–Crippen MR) is 113 cm³/mol. The van der Waals surface area contributed by atoms with Crippen molar-refractivity contribution in [3.05, 3.63) is 18.2 Å². The highest BCUT2D eigenvalue weighted by Crippen LogP contribution is 2.50. The number of ether oxygens (including phenoxy) is 2. The van der Waals surface area contributed by atoms with E-state index in [-0.39, 0.29) is 17.6 Å². The molecule has 7 nitrogen and oxygen atoms in total. The molecule has 2 rings (SSSR count). The molecule has 1 aliphatic carbocycles. The molecular weight excluding hydrogens is 400 g/mol. The zero-order valence-electron chi connectivity index (χ0n) is 16.8. The van der Waals surface area contributed by atoms with E-state index in [0.29, 0.717) is 18.0 Å². The van der Waals surface area contributed by atoms with Crippen LogP contribution in [0.5, 0.6) is 17.2 Å². The van der Waals surface area contributed by atoms with Crippen LogP contribution < -0.4 is 19.3 Å². The monoisotopic (exact) mass is 433 g/mol. The van der Waals surface area contributed by atoms with Crippen molar-refractivity contribution in [1.82, 2.24) is 5.32 Å². The highest BCUT2D eigenvalue weighted by atomic mass is 31.2. The first-order valence-electron chi connectivity index (χ1n) is 9.81. The molecule has 1 saturated carbocycles. The smallest absolute Gasteiger partial charge is 0.493 e. The van der Waals surface area contributed by atoms with Gasteiger partial charge >= 0.3 is 7.82 Å². The van der Waals surface area contributed by atoms with Crippen LogP contribution >= 0.6 is 17.1 Å². The molecule has 0 bridgehead atoms. The van der Waals surface area contributed by atoms with Gasteiger partial charge in [0.25, 0.3) is 0 Å². The van der Waals surface area contributed by atoms with Gasteiger partial charge in [0.2, 0.25) is 5.75 Å². The molecule has 2 atom stereocenters. The number of methoxy groups -OCH3 is 2. The number of nitrogens with one attached hydrogen (secondary N) is 1. The number of phosphoric acid groups is 1. The number of hydrogen-bond acceptors (Lipinski definition) is 6. The summed E-state index contributed by atoms with van der Waals surface area (Å²) in [5.74, 6) is 0.639. The minimum atomic E-state index is -4.32. The van der Waals surface area contributed by atoms with E-state index in [1.54, 1.807) is 18.2 Å². The minimum Gasteiger partial charge on any atom is -0.493 e. The third-order valence-electron chi connectivity index (χ3n) is 4.92. The Labute approximate surface area is 170 Å². The van der Waals surface area contributed by atoms with Gasteiger partial charge in [-0.25, -0.2) is 4.57 Å². The zero-order chi connectivity index (χ0) is 20.5. The highest BCUT2D eigenvalue weighted by molar-refractivity contribution is 7.47. The van der Waals surface area contributed by atoms with Crippen molar-refractivity contribution < 1.29 is 28.0 Å². The quantitative estimate of drug-likeness (QED) is 0.438.